The molecule has 0 saturated carbocycles. The van der Waals surface area contributed by atoms with Crippen molar-refractivity contribution in [1.29, 1.82) is 0 Å². The SMILES string of the molecule is CC(=O)c1cccc(S(=O)(=O)NC(C)CC(=O)O)c1. The van der Waals surface area contributed by atoms with E-state index in [1.807, 2.05) is 0 Å². The zero-order valence-corrected chi connectivity index (χ0v) is 11.4. The maximum atomic E-state index is 12.0. The molecule has 0 fully saturated rings. The van der Waals surface area contributed by atoms with Crippen LogP contribution < -0.4 is 4.72 Å². The van der Waals surface area contributed by atoms with Gasteiger partial charge in [0.1, 0.15) is 0 Å². The Bertz CT molecular complexity index is 594. The molecule has 1 unspecified atom stereocenters. The number of Topliss-reactive ketones (excluding diaryl/α,β-unsaturated/α-hetero) is 1. The van der Waals surface area contributed by atoms with Crippen molar-refractivity contribution in [1.82, 2.24) is 4.72 Å². The van der Waals surface area contributed by atoms with Crippen molar-refractivity contribution in [2.24, 2.45) is 0 Å². The van der Waals surface area contributed by atoms with Crippen molar-refractivity contribution in [3.63, 3.8) is 0 Å². The van der Waals surface area contributed by atoms with Gasteiger partial charge in [-0.3, -0.25) is 9.59 Å². The summed E-state index contributed by atoms with van der Waals surface area (Å²) in [6.07, 6.45) is -0.314. The Morgan fingerprint density at radius 2 is 2.00 bits per heavy atom. The molecule has 0 aromatic heterocycles. The molecule has 1 rings (SSSR count). The zero-order valence-electron chi connectivity index (χ0n) is 10.6. The molecule has 0 spiro atoms. The Morgan fingerprint density at radius 3 is 2.53 bits per heavy atom. The van der Waals surface area contributed by atoms with E-state index in [0.29, 0.717) is 0 Å². The highest BCUT2D eigenvalue weighted by Crippen LogP contribution is 2.13. The van der Waals surface area contributed by atoms with Gasteiger partial charge in [0.05, 0.1) is 11.3 Å². The van der Waals surface area contributed by atoms with Crippen molar-refractivity contribution >= 4 is 21.8 Å². The number of rotatable bonds is 6. The highest BCUT2D eigenvalue weighted by Gasteiger charge is 2.19. The molecule has 1 atom stereocenters. The summed E-state index contributed by atoms with van der Waals surface area (Å²) in [6, 6.07) is 4.86. The monoisotopic (exact) mass is 285 g/mol. The third-order valence-electron chi connectivity index (χ3n) is 2.39. The molecular weight excluding hydrogens is 270 g/mol. The minimum absolute atomic E-state index is 0.0579. The molecule has 0 heterocycles. The number of carboxylic acid groups (broad SMARTS) is 1. The fourth-order valence-corrected chi connectivity index (χ4v) is 2.81. The number of nitrogens with one attached hydrogen (secondary N) is 1. The van der Waals surface area contributed by atoms with Crippen LogP contribution in [0, 0.1) is 0 Å². The number of hydrogen-bond acceptors (Lipinski definition) is 4. The number of carbonyl (C=O) groups is 2. The second kappa shape index (κ2) is 5.94. The predicted molar refractivity (Wildman–Crippen MR) is 68.5 cm³/mol. The van der Waals surface area contributed by atoms with E-state index in [-0.39, 0.29) is 22.7 Å². The topological polar surface area (TPSA) is 101 Å². The summed E-state index contributed by atoms with van der Waals surface area (Å²) in [4.78, 5) is 21.6. The largest absolute Gasteiger partial charge is 0.481 e. The molecule has 7 heteroatoms. The minimum atomic E-state index is -3.83. The fourth-order valence-electron chi connectivity index (χ4n) is 1.52. The number of hydrogen-bond donors (Lipinski definition) is 2. The Morgan fingerprint density at radius 1 is 1.37 bits per heavy atom. The van der Waals surface area contributed by atoms with Crippen molar-refractivity contribution < 1.29 is 23.1 Å². The third kappa shape index (κ3) is 4.46. The Balaban J connectivity index is 2.97. The van der Waals surface area contributed by atoms with Gasteiger partial charge in [0, 0.05) is 11.6 Å². The second-order valence-corrected chi connectivity index (χ2v) is 5.92. The van der Waals surface area contributed by atoms with Gasteiger partial charge in [0.25, 0.3) is 0 Å². The zero-order chi connectivity index (χ0) is 14.6. The first-order chi connectivity index (χ1) is 8.72. The molecule has 0 aliphatic rings. The lowest BCUT2D eigenvalue weighted by Gasteiger charge is -2.12. The first-order valence-electron chi connectivity index (χ1n) is 5.57. The van der Waals surface area contributed by atoms with Gasteiger partial charge >= 0.3 is 5.97 Å². The molecular formula is C12H15NO5S. The van der Waals surface area contributed by atoms with Crippen molar-refractivity contribution in [2.75, 3.05) is 0 Å². The first-order valence-corrected chi connectivity index (χ1v) is 7.06. The summed E-state index contributed by atoms with van der Waals surface area (Å²) >= 11 is 0. The lowest BCUT2D eigenvalue weighted by Crippen LogP contribution is -2.34. The van der Waals surface area contributed by atoms with Crippen LogP contribution in [0.1, 0.15) is 30.6 Å². The molecule has 0 saturated heterocycles. The van der Waals surface area contributed by atoms with Crippen LogP contribution in [-0.4, -0.2) is 31.3 Å². The Kier molecular flexibility index (Phi) is 4.79. The van der Waals surface area contributed by atoms with Gasteiger partial charge in [-0.15, -0.1) is 0 Å². The Hall–Kier alpha value is -1.73. The van der Waals surface area contributed by atoms with Gasteiger partial charge < -0.3 is 5.11 Å². The minimum Gasteiger partial charge on any atom is -0.481 e. The lowest BCUT2D eigenvalue weighted by atomic mass is 10.2. The molecule has 6 nitrogen and oxygen atoms in total. The normalized spacial score (nSPS) is 12.9. The van der Waals surface area contributed by atoms with E-state index in [1.165, 1.54) is 38.1 Å². The molecule has 1 aromatic rings. The van der Waals surface area contributed by atoms with E-state index in [1.54, 1.807) is 0 Å². The van der Waals surface area contributed by atoms with E-state index in [4.69, 9.17) is 5.11 Å². The molecule has 1 aromatic carbocycles. The predicted octanol–water partition coefficient (Wildman–Crippen LogP) is 1.03. The summed E-state index contributed by atoms with van der Waals surface area (Å²) in [7, 11) is -3.83. The van der Waals surface area contributed by atoms with Crippen LogP contribution in [0.25, 0.3) is 0 Å². The second-order valence-electron chi connectivity index (χ2n) is 4.20. The molecule has 0 bridgehead atoms. The van der Waals surface area contributed by atoms with Crippen LogP contribution in [0.4, 0.5) is 0 Å². The summed E-state index contributed by atoms with van der Waals surface area (Å²) in [5.74, 6) is -1.33. The quantitative estimate of drug-likeness (QED) is 0.760. The molecule has 0 aliphatic carbocycles. The van der Waals surface area contributed by atoms with Crippen LogP contribution in [0.15, 0.2) is 29.2 Å². The average Bonchev–Trinajstić information content (AvgIpc) is 2.27. The van der Waals surface area contributed by atoms with Crippen molar-refractivity contribution in [3.8, 4) is 0 Å². The van der Waals surface area contributed by atoms with Gasteiger partial charge in [-0.05, 0) is 26.0 Å². The van der Waals surface area contributed by atoms with E-state index in [0.717, 1.165) is 0 Å². The van der Waals surface area contributed by atoms with E-state index >= 15 is 0 Å². The smallest absolute Gasteiger partial charge is 0.304 e. The summed E-state index contributed by atoms with van der Waals surface area (Å²) < 4.78 is 26.2. The number of carboxylic acids is 1. The maximum Gasteiger partial charge on any atom is 0.304 e. The highest BCUT2D eigenvalue weighted by molar-refractivity contribution is 7.89. The number of sulfonamides is 1. The van der Waals surface area contributed by atoms with Gasteiger partial charge in [-0.25, -0.2) is 13.1 Å². The average molecular weight is 285 g/mol. The van der Waals surface area contributed by atoms with Gasteiger partial charge in [0.15, 0.2) is 5.78 Å². The number of benzene rings is 1. The van der Waals surface area contributed by atoms with Crippen LogP contribution >= 0.6 is 0 Å². The van der Waals surface area contributed by atoms with Gasteiger partial charge in [-0.1, -0.05) is 12.1 Å². The molecule has 0 aliphatic heterocycles. The van der Waals surface area contributed by atoms with E-state index in [9.17, 15) is 18.0 Å². The maximum absolute atomic E-state index is 12.0. The van der Waals surface area contributed by atoms with Crippen molar-refractivity contribution in [2.45, 2.75) is 31.2 Å². The third-order valence-corrected chi connectivity index (χ3v) is 3.98. The Labute approximate surface area is 111 Å². The summed E-state index contributed by atoms with van der Waals surface area (Å²) in [6.45, 7) is 2.80. The molecule has 104 valence electrons. The van der Waals surface area contributed by atoms with Crippen LogP contribution in [0.3, 0.4) is 0 Å². The van der Waals surface area contributed by atoms with Crippen LogP contribution in [-0.2, 0) is 14.8 Å². The van der Waals surface area contributed by atoms with E-state index < -0.39 is 22.0 Å². The fraction of sp³-hybridized carbons (Fsp3) is 0.333. The number of ketones is 1. The summed E-state index contributed by atoms with van der Waals surface area (Å²) in [5.41, 5.74) is 0.286. The first kappa shape index (κ1) is 15.3. The van der Waals surface area contributed by atoms with Gasteiger partial charge in [0.2, 0.25) is 10.0 Å². The molecule has 19 heavy (non-hydrogen) atoms. The van der Waals surface area contributed by atoms with Crippen molar-refractivity contribution in [3.05, 3.63) is 29.8 Å². The van der Waals surface area contributed by atoms with Crippen LogP contribution in [0.5, 0.6) is 0 Å². The standard InChI is InChI=1S/C12H15NO5S/c1-8(6-12(15)16)13-19(17,18)11-5-3-4-10(7-11)9(2)14/h3-5,7-8,13H,6H2,1-2H3,(H,15,16). The summed E-state index contributed by atoms with van der Waals surface area (Å²) in [5, 5.41) is 8.59. The highest BCUT2D eigenvalue weighted by atomic mass is 32.2. The number of aliphatic carboxylic acids is 1. The van der Waals surface area contributed by atoms with Gasteiger partial charge in [-0.2, -0.15) is 0 Å². The molecule has 0 amide bonds. The van der Waals surface area contributed by atoms with E-state index in [2.05, 4.69) is 4.72 Å². The molecule has 2 N–H and O–H groups in total. The molecule has 0 radical (unpaired) electrons. The lowest BCUT2D eigenvalue weighted by molar-refractivity contribution is -0.137. The number of carbonyl (C=O) groups excluding carboxylic acids is 1. The van der Waals surface area contributed by atoms with Crippen LogP contribution in [0.2, 0.25) is 0 Å².